The predicted octanol–water partition coefficient (Wildman–Crippen LogP) is 2.56. The first-order valence-electron chi connectivity index (χ1n) is 8.39. The fourth-order valence-corrected chi connectivity index (χ4v) is 3.14. The fourth-order valence-electron chi connectivity index (χ4n) is 3.14. The summed E-state index contributed by atoms with van der Waals surface area (Å²) in [6, 6.07) is 8.82. The first kappa shape index (κ1) is 19.2. The smallest absolute Gasteiger partial charge is 0.325 e. The molecule has 1 aromatic heterocycles. The van der Waals surface area contributed by atoms with Crippen molar-refractivity contribution in [3.63, 3.8) is 0 Å². The Morgan fingerprint density at radius 1 is 1.29 bits per heavy atom. The van der Waals surface area contributed by atoms with Gasteiger partial charge in [0.2, 0.25) is 5.90 Å². The van der Waals surface area contributed by atoms with Crippen LogP contribution < -0.4 is 5.32 Å². The molecule has 0 spiro atoms. The number of nitrogens with one attached hydrogen (secondary N) is 1. The zero-order chi connectivity index (χ0) is 20.3. The van der Waals surface area contributed by atoms with E-state index in [0.717, 1.165) is 0 Å². The van der Waals surface area contributed by atoms with Gasteiger partial charge < -0.3 is 9.84 Å². The molecule has 0 fully saturated rings. The summed E-state index contributed by atoms with van der Waals surface area (Å²) in [6.45, 7) is 1.57. The third kappa shape index (κ3) is 3.60. The molecule has 9 heteroatoms. The Morgan fingerprint density at radius 3 is 2.57 bits per heavy atom. The second kappa shape index (κ2) is 7.97. The van der Waals surface area contributed by atoms with E-state index in [1.165, 1.54) is 7.11 Å². The Bertz CT molecular complexity index is 971. The second-order valence-corrected chi connectivity index (χ2v) is 6.10. The molecule has 0 saturated carbocycles. The number of nitro groups is 1. The van der Waals surface area contributed by atoms with Gasteiger partial charge in [0.25, 0.3) is 6.17 Å². The van der Waals surface area contributed by atoms with Crippen LogP contribution in [-0.2, 0) is 9.53 Å². The van der Waals surface area contributed by atoms with Crippen LogP contribution in [0.5, 0.6) is 0 Å². The summed E-state index contributed by atoms with van der Waals surface area (Å²) in [6.07, 6.45) is 1.72. The highest BCUT2D eigenvalue weighted by molar-refractivity contribution is 6.22. The lowest BCUT2D eigenvalue weighted by atomic mass is 9.93. The molecule has 0 amide bonds. The highest BCUT2D eigenvalue weighted by Gasteiger charge is 2.38. The summed E-state index contributed by atoms with van der Waals surface area (Å²) in [7, 11) is 1.41. The monoisotopic (exact) mass is 382 g/mol. The molecule has 0 aliphatic carbocycles. The Kier molecular flexibility index (Phi) is 5.46. The van der Waals surface area contributed by atoms with E-state index in [9.17, 15) is 20.0 Å². The first-order valence-corrected chi connectivity index (χ1v) is 8.39. The third-order valence-corrected chi connectivity index (χ3v) is 4.43. The van der Waals surface area contributed by atoms with Crippen molar-refractivity contribution in [2.24, 2.45) is 4.99 Å². The zero-order valence-electron chi connectivity index (χ0n) is 15.2. The highest BCUT2D eigenvalue weighted by atomic mass is 16.6. The summed E-state index contributed by atoms with van der Waals surface area (Å²) >= 11 is 0. The summed E-state index contributed by atoms with van der Waals surface area (Å²) in [5.74, 6) is -1.06. The number of methoxy groups -OCH3 is 1. The number of aliphatic imine (C=N–C) groups is 1. The lowest BCUT2D eigenvalue weighted by molar-refractivity contribution is -0.519. The molecule has 1 aromatic carbocycles. The maximum Gasteiger partial charge on any atom is 0.325 e. The predicted molar refractivity (Wildman–Crippen MR) is 102 cm³/mol. The van der Waals surface area contributed by atoms with Gasteiger partial charge in [-0.2, -0.15) is 0 Å². The summed E-state index contributed by atoms with van der Waals surface area (Å²) in [4.78, 5) is 31.3. The van der Waals surface area contributed by atoms with Crippen LogP contribution in [0.1, 0.15) is 24.1 Å². The SMILES string of the molecule is COC(=Nc1ccncc1)C1=C(C)C([N+](=O)[O-])NC(C(=O)O)c2ccccc21. The number of aliphatic carboxylic acids is 1. The van der Waals surface area contributed by atoms with Crippen LogP contribution in [-0.4, -0.2) is 40.2 Å². The Labute approximate surface area is 160 Å². The van der Waals surface area contributed by atoms with Gasteiger partial charge in [-0.1, -0.05) is 24.3 Å². The number of fused-ring (bicyclic) bond motifs is 1. The number of carboxylic acids is 1. The minimum atomic E-state index is -1.42. The third-order valence-electron chi connectivity index (χ3n) is 4.43. The van der Waals surface area contributed by atoms with Crippen LogP contribution in [0, 0.1) is 10.1 Å². The van der Waals surface area contributed by atoms with Crippen LogP contribution in [0.4, 0.5) is 5.69 Å². The number of carbonyl (C=O) groups is 1. The number of hydrogen-bond acceptors (Lipinski definition) is 7. The molecule has 3 rings (SSSR count). The van der Waals surface area contributed by atoms with Gasteiger partial charge >= 0.3 is 5.97 Å². The van der Waals surface area contributed by atoms with E-state index in [1.54, 1.807) is 55.7 Å². The van der Waals surface area contributed by atoms with Gasteiger partial charge in [-0.05, 0) is 30.2 Å². The van der Waals surface area contributed by atoms with Crippen molar-refractivity contribution in [1.29, 1.82) is 0 Å². The fraction of sp³-hybridized carbons (Fsp3) is 0.211. The van der Waals surface area contributed by atoms with Gasteiger partial charge in [-0.3, -0.25) is 19.9 Å². The molecule has 0 radical (unpaired) electrons. The molecule has 2 aromatic rings. The standard InChI is InChI=1S/C19H18N4O5/c1-11-15(18(28-2)21-12-7-9-20-10-8-12)13-5-3-4-6-14(13)16(19(24)25)22-17(11)23(26)27/h3-10,16-17,22H,1-2H3,(H,24,25). The molecule has 144 valence electrons. The number of aromatic nitrogens is 1. The molecule has 2 N–H and O–H groups in total. The van der Waals surface area contributed by atoms with Gasteiger partial charge in [-0.25, -0.2) is 10.3 Å². The summed E-state index contributed by atoms with van der Waals surface area (Å²) < 4.78 is 5.47. The van der Waals surface area contributed by atoms with E-state index >= 15 is 0 Å². The van der Waals surface area contributed by atoms with Crippen LogP contribution in [0.15, 0.2) is 59.4 Å². The highest BCUT2D eigenvalue weighted by Crippen LogP contribution is 2.34. The lowest BCUT2D eigenvalue weighted by Crippen LogP contribution is -2.42. The van der Waals surface area contributed by atoms with Crippen molar-refractivity contribution in [2.75, 3.05) is 7.11 Å². The average molecular weight is 382 g/mol. The summed E-state index contributed by atoms with van der Waals surface area (Å²) in [5, 5.41) is 23.9. The van der Waals surface area contributed by atoms with Gasteiger partial charge in [0.1, 0.15) is 6.04 Å². The van der Waals surface area contributed by atoms with Crippen molar-refractivity contribution in [1.82, 2.24) is 10.3 Å². The minimum Gasteiger partial charge on any atom is -0.481 e. The molecular weight excluding hydrogens is 364 g/mol. The number of rotatable bonds is 4. The molecule has 2 atom stereocenters. The van der Waals surface area contributed by atoms with Gasteiger partial charge in [-0.15, -0.1) is 0 Å². The number of ether oxygens (including phenoxy) is 1. The maximum absolute atomic E-state index is 11.8. The molecule has 28 heavy (non-hydrogen) atoms. The number of hydrogen-bond donors (Lipinski definition) is 2. The van der Waals surface area contributed by atoms with E-state index in [2.05, 4.69) is 15.3 Å². The van der Waals surface area contributed by atoms with E-state index in [1.807, 2.05) is 0 Å². The van der Waals surface area contributed by atoms with Gasteiger partial charge in [0.05, 0.1) is 18.4 Å². The first-order chi connectivity index (χ1) is 13.4. The largest absolute Gasteiger partial charge is 0.481 e. The van der Waals surface area contributed by atoms with E-state index in [0.29, 0.717) is 28.0 Å². The molecule has 0 bridgehead atoms. The molecule has 1 aliphatic rings. The van der Waals surface area contributed by atoms with Crippen molar-refractivity contribution in [2.45, 2.75) is 19.1 Å². The van der Waals surface area contributed by atoms with Crippen molar-refractivity contribution < 1.29 is 19.6 Å². The van der Waals surface area contributed by atoms with Gasteiger partial charge in [0, 0.05) is 22.9 Å². The minimum absolute atomic E-state index is 0.149. The van der Waals surface area contributed by atoms with Crippen LogP contribution in [0.3, 0.4) is 0 Å². The maximum atomic E-state index is 11.8. The Hall–Kier alpha value is -3.59. The van der Waals surface area contributed by atoms with Crippen LogP contribution >= 0.6 is 0 Å². The molecular formula is C19H18N4O5. The van der Waals surface area contributed by atoms with Crippen molar-refractivity contribution in [3.8, 4) is 0 Å². The molecule has 2 unspecified atom stereocenters. The lowest BCUT2D eigenvalue weighted by Gasteiger charge is -2.16. The van der Waals surface area contributed by atoms with Gasteiger partial charge in [0.15, 0.2) is 0 Å². The normalized spacial score (nSPS) is 19.6. The Morgan fingerprint density at radius 2 is 1.96 bits per heavy atom. The number of benzene rings is 1. The zero-order valence-corrected chi connectivity index (χ0v) is 15.2. The van der Waals surface area contributed by atoms with Crippen molar-refractivity contribution >= 4 is 23.1 Å². The Balaban J connectivity index is 2.28. The number of pyridine rings is 1. The molecule has 2 heterocycles. The number of nitrogens with zero attached hydrogens (tertiary/aromatic N) is 3. The van der Waals surface area contributed by atoms with Crippen LogP contribution in [0.25, 0.3) is 5.57 Å². The summed E-state index contributed by atoms with van der Waals surface area (Å²) in [5.41, 5.74) is 2.14. The van der Waals surface area contributed by atoms with Crippen LogP contribution in [0.2, 0.25) is 0 Å². The number of carboxylic acid groups (broad SMARTS) is 1. The van der Waals surface area contributed by atoms with E-state index in [-0.39, 0.29) is 5.90 Å². The quantitative estimate of drug-likeness (QED) is 0.360. The molecule has 9 nitrogen and oxygen atoms in total. The topological polar surface area (TPSA) is 127 Å². The average Bonchev–Trinajstić information content (AvgIpc) is 2.81. The molecule has 0 saturated heterocycles. The molecule has 1 aliphatic heterocycles. The van der Waals surface area contributed by atoms with Crippen molar-refractivity contribution in [3.05, 3.63) is 75.6 Å². The van der Waals surface area contributed by atoms with E-state index in [4.69, 9.17) is 4.74 Å². The van der Waals surface area contributed by atoms with E-state index < -0.39 is 23.1 Å². The second-order valence-electron chi connectivity index (χ2n) is 6.10.